The van der Waals surface area contributed by atoms with Gasteiger partial charge < -0.3 is 4.57 Å². The summed E-state index contributed by atoms with van der Waals surface area (Å²) >= 11 is 0. The molecule has 0 aliphatic heterocycles. The highest BCUT2D eigenvalue weighted by atomic mass is 15.2. The maximum Gasteiger partial charge on any atom is 0.238 e. The van der Waals surface area contributed by atoms with Crippen molar-refractivity contribution in [3.8, 4) is 79.4 Å². The fraction of sp³-hybridized carbons (Fsp3) is 0. The van der Waals surface area contributed by atoms with Crippen LogP contribution in [-0.4, -0.2) is 34.1 Å². The van der Waals surface area contributed by atoms with Crippen molar-refractivity contribution >= 4 is 43.6 Å². The van der Waals surface area contributed by atoms with E-state index in [9.17, 15) is 0 Å². The van der Waals surface area contributed by atoms with E-state index in [0.29, 0.717) is 23.4 Å². The molecular formula is C61H39N7. The number of para-hydroxylation sites is 2. The highest BCUT2D eigenvalue weighted by molar-refractivity contribution is 6.19. The molecule has 0 aliphatic rings. The van der Waals surface area contributed by atoms with Gasteiger partial charge in [0, 0.05) is 55.0 Å². The Kier molecular flexibility index (Phi) is 9.35. The number of rotatable bonds is 8. The minimum absolute atomic E-state index is 0.554. The summed E-state index contributed by atoms with van der Waals surface area (Å²) in [5.74, 6) is 2.44. The van der Waals surface area contributed by atoms with Crippen LogP contribution in [0.3, 0.4) is 0 Å². The second kappa shape index (κ2) is 16.3. The van der Waals surface area contributed by atoms with Crippen molar-refractivity contribution in [3.63, 3.8) is 0 Å². The summed E-state index contributed by atoms with van der Waals surface area (Å²) in [6, 6.07) is 82.1. The molecule has 0 radical (unpaired) electrons. The summed E-state index contributed by atoms with van der Waals surface area (Å²) in [4.78, 5) is 25.9. The van der Waals surface area contributed by atoms with Crippen LogP contribution in [0.25, 0.3) is 123 Å². The minimum Gasteiger partial charge on any atom is -0.309 e. The van der Waals surface area contributed by atoms with Crippen LogP contribution in [0.5, 0.6) is 0 Å². The molecule has 4 heterocycles. The van der Waals surface area contributed by atoms with Gasteiger partial charge in [0.2, 0.25) is 5.95 Å². The summed E-state index contributed by atoms with van der Waals surface area (Å²) < 4.78 is 4.55. The van der Waals surface area contributed by atoms with Gasteiger partial charge in [-0.25, -0.2) is 15.0 Å². The summed E-state index contributed by atoms with van der Waals surface area (Å²) in [6.07, 6.45) is 0. The van der Waals surface area contributed by atoms with Crippen molar-refractivity contribution in [2.45, 2.75) is 0 Å². The molecule has 7 nitrogen and oxygen atoms in total. The van der Waals surface area contributed by atoms with Crippen molar-refractivity contribution in [1.82, 2.24) is 34.1 Å². The maximum absolute atomic E-state index is 5.29. The molecule has 0 fully saturated rings. The van der Waals surface area contributed by atoms with E-state index in [-0.39, 0.29) is 0 Å². The molecular weight excluding hydrogens is 831 g/mol. The average Bonchev–Trinajstić information content (AvgIpc) is 3.93. The van der Waals surface area contributed by atoms with E-state index in [0.717, 1.165) is 94.2 Å². The first-order chi connectivity index (χ1) is 33.7. The van der Waals surface area contributed by atoms with Crippen LogP contribution in [0.4, 0.5) is 0 Å². The van der Waals surface area contributed by atoms with Crippen molar-refractivity contribution in [1.29, 1.82) is 0 Å². The van der Waals surface area contributed by atoms with E-state index in [1.807, 2.05) is 72.8 Å². The number of nitrogens with zero attached hydrogens (tertiary/aromatic N) is 7. The first-order valence-electron chi connectivity index (χ1n) is 22.8. The predicted octanol–water partition coefficient (Wildman–Crippen LogP) is 14.9. The second-order valence-corrected chi connectivity index (χ2v) is 16.9. The van der Waals surface area contributed by atoms with Crippen LogP contribution in [0.15, 0.2) is 237 Å². The SMILES string of the molecule is c1ccc(-c2cc(-c3ccccc3-c3ccccc3)nc(-c3ccc(-n4c5ccccc5c5cc6c7ccccc7n(-c7nc(-c8ccccc8)nc(-c8ccccc8)n7)c6cc54)cc3)n2)cc1. The Morgan fingerprint density at radius 3 is 1.29 bits per heavy atom. The van der Waals surface area contributed by atoms with Gasteiger partial charge in [-0.15, -0.1) is 0 Å². The zero-order valence-corrected chi connectivity index (χ0v) is 36.6. The van der Waals surface area contributed by atoms with Gasteiger partial charge in [-0.1, -0.05) is 182 Å². The standard InChI is InChI=1S/C61H39N7/c1-5-19-40(20-6-1)46-27-13-14-28-47(46)53-38-52(41-21-7-2-8-22-41)62-58(63-53)44-33-35-45(36-34-44)67-54-31-17-15-29-48(54)50-37-51-49-30-16-18-32-55(49)68(57(51)39-56(50)67)61-65-59(42-23-9-3-10-24-42)64-60(66-61)43-25-11-4-12-26-43/h1-39H. The second-order valence-electron chi connectivity index (χ2n) is 16.9. The molecule has 0 amide bonds. The van der Waals surface area contributed by atoms with Crippen LogP contribution in [-0.2, 0) is 0 Å². The number of hydrogen-bond acceptors (Lipinski definition) is 5. The molecule has 318 valence electrons. The Balaban J connectivity index is 0.991. The Morgan fingerprint density at radius 1 is 0.250 bits per heavy atom. The molecule has 0 N–H and O–H groups in total. The summed E-state index contributed by atoms with van der Waals surface area (Å²) in [7, 11) is 0. The molecule has 0 saturated carbocycles. The Labute approximate surface area is 392 Å². The third-order valence-corrected chi connectivity index (χ3v) is 12.8. The molecule has 7 heteroatoms. The normalized spacial score (nSPS) is 11.5. The molecule has 0 bridgehead atoms. The van der Waals surface area contributed by atoms with Crippen LogP contribution in [0.1, 0.15) is 0 Å². The predicted molar refractivity (Wildman–Crippen MR) is 277 cm³/mol. The minimum atomic E-state index is 0.554. The van der Waals surface area contributed by atoms with Crippen molar-refractivity contribution < 1.29 is 0 Å². The third kappa shape index (κ3) is 6.72. The van der Waals surface area contributed by atoms with Gasteiger partial charge in [-0.05, 0) is 65.7 Å². The lowest BCUT2D eigenvalue weighted by atomic mass is 9.96. The summed E-state index contributed by atoms with van der Waals surface area (Å²) in [5, 5.41) is 4.57. The highest BCUT2D eigenvalue weighted by Gasteiger charge is 2.22. The topological polar surface area (TPSA) is 74.3 Å². The van der Waals surface area contributed by atoms with E-state index in [1.54, 1.807) is 0 Å². The van der Waals surface area contributed by atoms with Gasteiger partial charge in [-0.2, -0.15) is 9.97 Å². The van der Waals surface area contributed by atoms with E-state index in [1.165, 1.54) is 5.39 Å². The van der Waals surface area contributed by atoms with Crippen LogP contribution < -0.4 is 0 Å². The van der Waals surface area contributed by atoms with Crippen molar-refractivity contribution in [3.05, 3.63) is 237 Å². The molecule has 4 aromatic heterocycles. The number of hydrogen-bond donors (Lipinski definition) is 0. The smallest absolute Gasteiger partial charge is 0.238 e. The quantitative estimate of drug-likeness (QED) is 0.152. The van der Waals surface area contributed by atoms with E-state index < -0.39 is 0 Å². The molecule has 13 rings (SSSR count). The zero-order chi connectivity index (χ0) is 45.0. The Morgan fingerprint density at radius 2 is 0.691 bits per heavy atom. The lowest BCUT2D eigenvalue weighted by Crippen LogP contribution is -2.06. The van der Waals surface area contributed by atoms with Gasteiger partial charge in [0.15, 0.2) is 17.5 Å². The largest absolute Gasteiger partial charge is 0.309 e. The first kappa shape index (κ1) is 39.1. The molecule has 13 aromatic rings. The van der Waals surface area contributed by atoms with Crippen molar-refractivity contribution in [2.24, 2.45) is 0 Å². The van der Waals surface area contributed by atoms with E-state index in [2.05, 4.69) is 173 Å². The lowest BCUT2D eigenvalue weighted by molar-refractivity contribution is 0.953. The summed E-state index contributed by atoms with van der Waals surface area (Å²) in [5.41, 5.74) is 14.1. The lowest BCUT2D eigenvalue weighted by Gasteiger charge is -2.14. The molecule has 0 saturated heterocycles. The Hall–Kier alpha value is -9.33. The van der Waals surface area contributed by atoms with E-state index in [4.69, 9.17) is 24.9 Å². The van der Waals surface area contributed by atoms with E-state index >= 15 is 0 Å². The molecule has 0 spiro atoms. The van der Waals surface area contributed by atoms with Gasteiger partial charge >= 0.3 is 0 Å². The molecule has 0 unspecified atom stereocenters. The van der Waals surface area contributed by atoms with Crippen molar-refractivity contribution in [2.75, 3.05) is 0 Å². The number of fused-ring (bicyclic) bond motifs is 6. The zero-order valence-electron chi connectivity index (χ0n) is 36.6. The molecule has 68 heavy (non-hydrogen) atoms. The molecule has 9 aromatic carbocycles. The molecule has 0 atom stereocenters. The first-order valence-corrected chi connectivity index (χ1v) is 22.8. The monoisotopic (exact) mass is 869 g/mol. The molecule has 0 aliphatic carbocycles. The Bertz CT molecular complexity index is 3940. The average molecular weight is 870 g/mol. The fourth-order valence-electron chi connectivity index (χ4n) is 9.63. The summed E-state index contributed by atoms with van der Waals surface area (Å²) in [6.45, 7) is 0. The van der Waals surface area contributed by atoms with Crippen LogP contribution >= 0.6 is 0 Å². The third-order valence-electron chi connectivity index (χ3n) is 12.8. The highest BCUT2D eigenvalue weighted by Crippen LogP contribution is 2.40. The number of benzene rings is 9. The van der Waals surface area contributed by atoms with Gasteiger partial charge in [0.25, 0.3) is 0 Å². The fourth-order valence-corrected chi connectivity index (χ4v) is 9.63. The van der Waals surface area contributed by atoms with Crippen LogP contribution in [0.2, 0.25) is 0 Å². The maximum atomic E-state index is 5.29. The van der Waals surface area contributed by atoms with Gasteiger partial charge in [-0.3, -0.25) is 4.57 Å². The van der Waals surface area contributed by atoms with Gasteiger partial charge in [0.1, 0.15) is 0 Å². The van der Waals surface area contributed by atoms with Crippen LogP contribution in [0, 0.1) is 0 Å². The number of aromatic nitrogens is 7. The van der Waals surface area contributed by atoms with Gasteiger partial charge in [0.05, 0.1) is 33.5 Å².